The van der Waals surface area contributed by atoms with E-state index in [9.17, 15) is 14.9 Å². The van der Waals surface area contributed by atoms with E-state index in [0.29, 0.717) is 12.1 Å². The maximum Gasteiger partial charge on any atom is 0.334 e. The summed E-state index contributed by atoms with van der Waals surface area (Å²) in [6.07, 6.45) is 3.80. The van der Waals surface area contributed by atoms with Gasteiger partial charge in [-0.2, -0.15) is 5.26 Å². The van der Waals surface area contributed by atoms with Crippen LogP contribution in [0.1, 0.15) is 36.4 Å². The topological polar surface area (TPSA) is 72.1 Å². The monoisotopic (exact) mass is 372 g/mol. The summed E-state index contributed by atoms with van der Waals surface area (Å²) in [6, 6.07) is 15.8. The number of Topliss-reactive ketones (excluding diaryl/α,β-unsaturated/α-hetero) is 1. The number of fused-ring (bicyclic) bond motifs is 3. The zero-order chi connectivity index (χ0) is 19.3. The first-order chi connectivity index (χ1) is 13.6. The molecule has 1 aliphatic heterocycles. The van der Waals surface area contributed by atoms with E-state index in [-0.39, 0.29) is 30.6 Å². The van der Waals surface area contributed by atoms with Gasteiger partial charge < -0.3 is 9.30 Å². The number of carbonyl (C=O) groups is 2. The quantitative estimate of drug-likeness (QED) is 0.753. The highest BCUT2D eigenvalue weighted by molar-refractivity contribution is 5.99. The maximum atomic E-state index is 13.2. The Labute approximate surface area is 163 Å². The molecule has 0 spiro atoms. The summed E-state index contributed by atoms with van der Waals surface area (Å²) in [7, 11) is 0. The van der Waals surface area contributed by atoms with Crippen molar-refractivity contribution in [1.82, 2.24) is 4.57 Å². The predicted molar refractivity (Wildman–Crippen MR) is 101 cm³/mol. The fraction of sp³-hybridized carbons (Fsp3) is 0.348. The van der Waals surface area contributed by atoms with E-state index >= 15 is 0 Å². The molecule has 0 saturated heterocycles. The summed E-state index contributed by atoms with van der Waals surface area (Å²) >= 11 is 0. The van der Waals surface area contributed by atoms with Gasteiger partial charge in [0.25, 0.3) is 0 Å². The Morgan fingerprint density at radius 1 is 1.18 bits per heavy atom. The highest BCUT2D eigenvalue weighted by Crippen LogP contribution is 2.59. The Morgan fingerprint density at radius 2 is 1.96 bits per heavy atom. The minimum atomic E-state index is -1.18. The van der Waals surface area contributed by atoms with Gasteiger partial charge in [-0.25, -0.2) is 4.79 Å². The van der Waals surface area contributed by atoms with Gasteiger partial charge in [0.05, 0.1) is 6.07 Å². The lowest BCUT2D eigenvalue weighted by Crippen LogP contribution is -2.34. The van der Waals surface area contributed by atoms with Gasteiger partial charge in [0.15, 0.2) is 5.78 Å². The molecule has 2 heterocycles. The van der Waals surface area contributed by atoms with Crippen molar-refractivity contribution in [3.8, 4) is 6.07 Å². The first kappa shape index (κ1) is 17.0. The molecule has 28 heavy (non-hydrogen) atoms. The molecule has 2 aromatic rings. The fourth-order valence-corrected chi connectivity index (χ4v) is 4.71. The Balaban J connectivity index is 1.48. The number of rotatable bonds is 5. The molecule has 5 nitrogen and oxygen atoms in total. The van der Waals surface area contributed by atoms with E-state index in [4.69, 9.17) is 4.74 Å². The third-order valence-corrected chi connectivity index (χ3v) is 6.23. The van der Waals surface area contributed by atoms with Gasteiger partial charge in [0, 0.05) is 42.3 Å². The molecule has 0 amide bonds. The van der Waals surface area contributed by atoms with Crippen molar-refractivity contribution >= 4 is 11.8 Å². The lowest BCUT2D eigenvalue weighted by molar-refractivity contribution is -0.140. The number of esters is 1. The molecule has 2 atom stereocenters. The van der Waals surface area contributed by atoms with E-state index < -0.39 is 11.4 Å². The molecule has 0 unspecified atom stereocenters. The van der Waals surface area contributed by atoms with Crippen LogP contribution < -0.4 is 0 Å². The Morgan fingerprint density at radius 3 is 2.68 bits per heavy atom. The third kappa shape index (κ3) is 2.45. The van der Waals surface area contributed by atoms with Gasteiger partial charge in [-0.1, -0.05) is 30.3 Å². The van der Waals surface area contributed by atoms with Crippen molar-refractivity contribution in [1.29, 1.82) is 5.26 Å². The van der Waals surface area contributed by atoms with Crippen molar-refractivity contribution in [2.75, 3.05) is 0 Å². The van der Waals surface area contributed by atoms with Crippen LogP contribution in [0.2, 0.25) is 0 Å². The number of carbonyl (C=O) groups excluding carboxylic acids is 2. The van der Waals surface area contributed by atoms with Gasteiger partial charge in [-0.15, -0.1) is 0 Å². The SMILES string of the molecule is N#C[C@@]1(C(=O)C2CC2)CC(C(=O)OCc2ccccc2)=C2Cn3cccc3[C@H]21. The van der Waals surface area contributed by atoms with E-state index in [0.717, 1.165) is 29.7 Å². The second kappa shape index (κ2) is 6.20. The molecule has 2 aliphatic carbocycles. The molecular weight excluding hydrogens is 352 g/mol. The first-order valence-electron chi connectivity index (χ1n) is 9.67. The number of aromatic nitrogens is 1. The van der Waals surface area contributed by atoms with Crippen LogP contribution in [0.4, 0.5) is 0 Å². The molecule has 0 bridgehead atoms. The summed E-state index contributed by atoms with van der Waals surface area (Å²) in [4.78, 5) is 26.1. The van der Waals surface area contributed by atoms with Gasteiger partial charge >= 0.3 is 5.97 Å². The second-order valence-electron chi connectivity index (χ2n) is 7.96. The minimum Gasteiger partial charge on any atom is -0.457 e. The molecule has 0 N–H and O–H groups in total. The van der Waals surface area contributed by atoms with Crippen LogP contribution >= 0.6 is 0 Å². The third-order valence-electron chi connectivity index (χ3n) is 6.23. The predicted octanol–water partition coefficient (Wildman–Crippen LogP) is 3.52. The van der Waals surface area contributed by atoms with Crippen LogP contribution in [0.5, 0.6) is 0 Å². The standard InChI is InChI=1S/C23H20N2O3/c24-14-23(21(26)16-8-9-16)11-17(18-12-25-10-4-7-19(25)20(18)23)22(27)28-13-15-5-2-1-3-6-15/h1-7,10,16,20H,8-9,11-13H2/t20-,23-/m0/s1. The molecule has 5 rings (SSSR count). The van der Waals surface area contributed by atoms with Gasteiger partial charge in [-0.05, 0) is 36.1 Å². The fourth-order valence-electron chi connectivity index (χ4n) is 4.71. The number of nitriles is 1. The van der Waals surface area contributed by atoms with Gasteiger partial charge in [0.2, 0.25) is 0 Å². The van der Waals surface area contributed by atoms with E-state index in [1.165, 1.54) is 0 Å². The van der Waals surface area contributed by atoms with Crippen LogP contribution in [0.3, 0.4) is 0 Å². The summed E-state index contributed by atoms with van der Waals surface area (Å²) < 4.78 is 7.60. The summed E-state index contributed by atoms with van der Waals surface area (Å²) in [6.45, 7) is 0.730. The molecule has 0 radical (unpaired) electrons. The zero-order valence-corrected chi connectivity index (χ0v) is 15.4. The molecule has 1 aromatic carbocycles. The van der Waals surface area contributed by atoms with Crippen molar-refractivity contribution in [2.24, 2.45) is 11.3 Å². The van der Waals surface area contributed by atoms with Gasteiger partial charge in [0.1, 0.15) is 12.0 Å². The molecule has 1 aromatic heterocycles. The lowest BCUT2D eigenvalue weighted by atomic mass is 9.71. The zero-order valence-electron chi connectivity index (χ0n) is 15.4. The molecule has 3 aliphatic rings. The van der Waals surface area contributed by atoms with Crippen molar-refractivity contribution in [3.63, 3.8) is 0 Å². The van der Waals surface area contributed by atoms with Crippen LogP contribution in [-0.2, 0) is 27.5 Å². The van der Waals surface area contributed by atoms with Crippen LogP contribution in [0.25, 0.3) is 0 Å². The van der Waals surface area contributed by atoms with E-state index in [1.807, 2.05) is 53.2 Å². The molecular formula is C23H20N2O3. The average molecular weight is 372 g/mol. The smallest absolute Gasteiger partial charge is 0.334 e. The van der Waals surface area contributed by atoms with Crippen LogP contribution in [-0.4, -0.2) is 16.3 Å². The van der Waals surface area contributed by atoms with Crippen molar-refractivity contribution < 1.29 is 14.3 Å². The van der Waals surface area contributed by atoms with Crippen LogP contribution in [0.15, 0.2) is 59.8 Å². The highest BCUT2D eigenvalue weighted by Gasteiger charge is 2.60. The normalized spacial score (nSPS) is 25.2. The van der Waals surface area contributed by atoms with E-state index in [1.54, 1.807) is 0 Å². The number of benzene rings is 1. The average Bonchev–Trinajstić information content (AvgIpc) is 3.24. The minimum absolute atomic E-state index is 0.00184. The van der Waals surface area contributed by atoms with Crippen molar-refractivity contribution in [3.05, 3.63) is 71.1 Å². The number of hydrogen-bond donors (Lipinski definition) is 0. The number of nitrogens with zero attached hydrogens (tertiary/aromatic N) is 2. The first-order valence-corrected chi connectivity index (χ1v) is 9.67. The Bertz CT molecular complexity index is 1040. The molecule has 1 saturated carbocycles. The Hall–Kier alpha value is -3.13. The number of ether oxygens (including phenoxy) is 1. The van der Waals surface area contributed by atoms with Gasteiger partial charge in [-0.3, -0.25) is 4.79 Å². The number of hydrogen-bond acceptors (Lipinski definition) is 4. The highest BCUT2D eigenvalue weighted by atomic mass is 16.5. The maximum absolute atomic E-state index is 13.2. The second-order valence-corrected chi connectivity index (χ2v) is 7.96. The van der Waals surface area contributed by atoms with Crippen molar-refractivity contribution in [2.45, 2.75) is 38.3 Å². The molecule has 1 fully saturated rings. The summed E-state index contributed by atoms with van der Waals surface area (Å²) in [5.41, 5.74) is 2.08. The number of ketones is 1. The van der Waals surface area contributed by atoms with Crippen LogP contribution in [0, 0.1) is 22.7 Å². The summed E-state index contributed by atoms with van der Waals surface area (Å²) in [5.74, 6) is -0.780. The lowest BCUT2D eigenvalue weighted by Gasteiger charge is -2.26. The van der Waals surface area contributed by atoms with E-state index in [2.05, 4.69) is 6.07 Å². The molecule has 140 valence electrons. The largest absolute Gasteiger partial charge is 0.457 e. The molecule has 5 heteroatoms. The summed E-state index contributed by atoms with van der Waals surface area (Å²) in [5, 5.41) is 10.1. The number of allylic oxidation sites excluding steroid dienone is 1. The Kier molecular flexibility index (Phi) is 3.77.